The van der Waals surface area contributed by atoms with Crippen molar-refractivity contribution < 1.29 is 14.0 Å². The topological polar surface area (TPSA) is 70.2 Å². The van der Waals surface area contributed by atoms with Gasteiger partial charge in [0.25, 0.3) is 5.91 Å². The Morgan fingerprint density at radius 1 is 0.793 bits per heavy atom. The van der Waals surface area contributed by atoms with Crippen LogP contribution >= 0.6 is 0 Å². The lowest BCUT2D eigenvalue weighted by Crippen LogP contribution is -2.15. The summed E-state index contributed by atoms with van der Waals surface area (Å²) in [6.45, 7) is 0. The Hall–Kier alpha value is -3.67. The van der Waals surface area contributed by atoms with Crippen LogP contribution in [0, 0.1) is 11.7 Å². The van der Waals surface area contributed by atoms with Crippen LogP contribution in [0.4, 0.5) is 27.1 Å². The van der Waals surface area contributed by atoms with Crippen LogP contribution in [0.3, 0.4) is 0 Å². The fourth-order valence-electron chi connectivity index (χ4n) is 2.94. The third-order valence-electron chi connectivity index (χ3n) is 4.63. The number of amides is 2. The van der Waals surface area contributed by atoms with E-state index in [-0.39, 0.29) is 23.5 Å². The van der Waals surface area contributed by atoms with Gasteiger partial charge in [0.2, 0.25) is 5.91 Å². The summed E-state index contributed by atoms with van der Waals surface area (Å²) in [7, 11) is 0. The maximum Gasteiger partial charge on any atom is 0.257 e. The molecule has 5 nitrogen and oxygen atoms in total. The Balaban J connectivity index is 1.48. The van der Waals surface area contributed by atoms with Crippen LogP contribution in [0.15, 0.2) is 72.8 Å². The summed E-state index contributed by atoms with van der Waals surface area (Å²) < 4.78 is 13.1. The molecular formula is C23H20FN3O2. The Morgan fingerprint density at radius 3 is 2.21 bits per heavy atom. The molecule has 6 heteroatoms. The molecule has 3 N–H and O–H groups in total. The summed E-state index contributed by atoms with van der Waals surface area (Å²) >= 11 is 0. The van der Waals surface area contributed by atoms with E-state index in [1.807, 2.05) is 6.07 Å². The molecule has 0 spiro atoms. The number of hydrogen-bond acceptors (Lipinski definition) is 3. The first-order valence-corrected chi connectivity index (χ1v) is 9.42. The second-order valence-corrected chi connectivity index (χ2v) is 6.98. The zero-order chi connectivity index (χ0) is 20.2. The molecule has 4 rings (SSSR count). The molecule has 0 unspecified atom stereocenters. The van der Waals surface area contributed by atoms with Gasteiger partial charge in [-0.15, -0.1) is 0 Å². The number of carbonyl (C=O) groups excluding carboxylic acids is 2. The van der Waals surface area contributed by atoms with Crippen molar-refractivity contribution in [3.05, 3.63) is 84.2 Å². The van der Waals surface area contributed by atoms with Crippen LogP contribution < -0.4 is 16.0 Å². The molecule has 2 amide bonds. The minimum Gasteiger partial charge on any atom is -0.355 e. The summed E-state index contributed by atoms with van der Waals surface area (Å²) in [5.41, 5.74) is 2.97. The molecule has 0 aliphatic heterocycles. The Kier molecular flexibility index (Phi) is 5.24. The van der Waals surface area contributed by atoms with E-state index < -0.39 is 0 Å². The molecule has 146 valence electrons. The van der Waals surface area contributed by atoms with Crippen molar-refractivity contribution >= 4 is 34.6 Å². The highest BCUT2D eigenvalue weighted by molar-refractivity contribution is 6.08. The van der Waals surface area contributed by atoms with Gasteiger partial charge in [-0.2, -0.15) is 0 Å². The van der Waals surface area contributed by atoms with Crippen LogP contribution in [0.2, 0.25) is 0 Å². The lowest BCUT2D eigenvalue weighted by molar-refractivity contribution is -0.117. The summed E-state index contributed by atoms with van der Waals surface area (Å²) in [6, 6.07) is 20.1. The van der Waals surface area contributed by atoms with Crippen molar-refractivity contribution in [3.63, 3.8) is 0 Å². The number of para-hydroxylation sites is 1. The van der Waals surface area contributed by atoms with Gasteiger partial charge in [-0.1, -0.05) is 18.2 Å². The minimum atomic E-state index is -0.324. The number of anilines is 4. The molecule has 3 aromatic carbocycles. The molecule has 0 saturated heterocycles. The number of rotatable bonds is 6. The molecular weight excluding hydrogens is 369 g/mol. The van der Waals surface area contributed by atoms with Gasteiger partial charge in [-0.25, -0.2) is 4.39 Å². The van der Waals surface area contributed by atoms with Crippen LogP contribution in [0.1, 0.15) is 23.2 Å². The molecule has 1 aliphatic carbocycles. The molecule has 1 fully saturated rings. The minimum absolute atomic E-state index is 0.0160. The van der Waals surface area contributed by atoms with Crippen LogP contribution in [-0.4, -0.2) is 11.8 Å². The molecule has 1 saturated carbocycles. The Morgan fingerprint density at radius 2 is 1.48 bits per heavy atom. The zero-order valence-corrected chi connectivity index (χ0v) is 15.6. The van der Waals surface area contributed by atoms with Crippen LogP contribution in [-0.2, 0) is 4.79 Å². The third kappa shape index (κ3) is 4.79. The summed E-state index contributed by atoms with van der Waals surface area (Å²) in [5, 5.41) is 8.87. The molecule has 0 radical (unpaired) electrons. The lowest BCUT2D eigenvalue weighted by Gasteiger charge is -2.13. The SMILES string of the molecule is O=C(Nc1cccc(NC(=O)C2CC2)c1)c1ccccc1Nc1ccc(F)cc1. The van der Waals surface area contributed by atoms with E-state index in [1.54, 1.807) is 54.6 Å². The first-order chi connectivity index (χ1) is 14.1. The largest absolute Gasteiger partial charge is 0.355 e. The van der Waals surface area contributed by atoms with Gasteiger partial charge >= 0.3 is 0 Å². The van der Waals surface area contributed by atoms with Gasteiger partial charge in [0.05, 0.1) is 11.3 Å². The number of halogens is 1. The van der Waals surface area contributed by atoms with Crippen molar-refractivity contribution in [3.8, 4) is 0 Å². The first-order valence-electron chi connectivity index (χ1n) is 9.42. The average Bonchev–Trinajstić information content (AvgIpc) is 3.56. The van der Waals surface area contributed by atoms with Gasteiger partial charge in [0.15, 0.2) is 0 Å². The van der Waals surface area contributed by atoms with Crippen molar-refractivity contribution in [2.75, 3.05) is 16.0 Å². The number of hydrogen-bond donors (Lipinski definition) is 3. The van der Waals surface area contributed by atoms with Gasteiger partial charge in [-0.3, -0.25) is 9.59 Å². The molecule has 1 aliphatic rings. The quantitative estimate of drug-likeness (QED) is 0.545. The highest BCUT2D eigenvalue weighted by Crippen LogP contribution is 2.30. The molecule has 0 atom stereocenters. The monoisotopic (exact) mass is 389 g/mol. The van der Waals surface area contributed by atoms with Gasteiger partial charge in [-0.05, 0) is 67.4 Å². The second-order valence-electron chi connectivity index (χ2n) is 6.98. The number of benzene rings is 3. The molecule has 0 bridgehead atoms. The first kappa shape index (κ1) is 18.7. The highest BCUT2D eigenvalue weighted by Gasteiger charge is 2.29. The number of carbonyl (C=O) groups is 2. The normalized spacial score (nSPS) is 12.9. The predicted molar refractivity (Wildman–Crippen MR) is 112 cm³/mol. The number of nitrogens with one attached hydrogen (secondary N) is 3. The van der Waals surface area contributed by atoms with E-state index in [4.69, 9.17) is 0 Å². The molecule has 29 heavy (non-hydrogen) atoms. The van der Waals surface area contributed by atoms with E-state index in [0.717, 1.165) is 12.8 Å². The molecule has 0 heterocycles. The Labute approximate surface area is 168 Å². The maximum absolute atomic E-state index is 13.1. The average molecular weight is 389 g/mol. The standard InChI is InChI=1S/C23H20FN3O2/c24-16-10-12-17(13-11-16)25-21-7-2-1-6-20(21)23(29)27-19-5-3-4-18(14-19)26-22(28)15-8-9-15/h1-7,10-15,25H,8-9H2,(H,26,28)(H,27,29). The van der Waals surface area contributed by atoms with Crippen molar-refractivity contribution in [1.82, 2.24) is 0 Å². The lowest BCUT2D eigenvalue weighted by atomic mass is 10.1. The molecule has 0 aromatic heterocycles. The van der Waals surface area contributed by atoms with Gasteiger partial charge < -0.3 is 16.0 Å². The molecule has 3 aromatic rings. The van der Waals surface area contributed by atoms with E-state index in [0.29, 0.717) is 28.3 Å². The van der Waals surface area contributed by atoms with E-state index >= 15 is 0 Å². The fourth-order valence-corrected chi connectivity index (χ4v) is 2.94. The van der Waals surface area contributed by atoms with E-state index in [9.17, 15) is 14.0 Å². The highest BCUT2D eigenvalue weighted by atomic mass is 19.1. The second kappa shape index (κ2) is 8.14. The van der Waals surface area contributed by atoms with Crippen LogP contribution in [0.5, 0.6) is 0 Å². The summed E-state index contributed by atoms with van der Waals surface area (Å²) in [6.07, 6.45) is 1.86. The third-order valence-corrected chi connectivity index (χ3v) is 4.63. The summed E-state index contributed by atoms with van der Waals surface area (Å²) in [5.74, 6) is -0.490. The van der Waals surface area contributed by atoms with Crippen LogP contribution in [0.25, 0.3) is 0 Å². The smallest absolute Gasteiger partial charge is 0.257 e. The van der Waals surface area contributed by atoms with E-state index in [1.165, 1.54) is 12.1 Å². The predicted octanol–water partition coefficient (Wildman–Crippen LogP) is 5.17. The summed E-state index contributed by atoms with van der Waals surface area (Å²) in [4.78, 5) is 24.8. The Bertz CT molecular complexity index is 1050. The van der Waals surface area contributed by atoms with Crippen molar-refractivity contribution in [2.24, 2.45) is 5.92 Å². The van der Waals surface area contributed by atoms with Gasteiger partial charge in [0, 0.05) is 23.0 Å². The van der Waals surface area contributed by atoms with Crippen molar-refractivity contribution in [1.29, 1.82) is 0 Å². The van der Waals surface area contributed by atoms with E-state index in [2.05, 4.69) is 16.0 Å². The fraction of sp³-hybridized carbons (Fsp3) is 0.130. The zero-order valence-electron chi connectivity index (χ0n) is 15.6. The van der Waals surface area contributed by atoms with Gasteiger partial charge in [0.1, 0.15) is 5.82 Å². The maximum atomic E-state index is 13.1. The van der Waals surface area contributed by atoms with Crippen molar-refractivity contribution in [2.45, 2.75) is 12.8 Å².